The molecule has 0 saturated heterocycles. The second kappa shape index (κ2) is 9.31. The van der Waals surface area contributed by atoms with Gasteiger partial charge in [0.25, 0.3) is 0 Å². The van der Waals surface area contributed by atoms with Crippen LogP contribution in [0.15, 0.2) is 47.6 Å². The number of anilines is 1. The normalized spacial score (nSPS) is 10.7. The minimum absolute atomic E-state index is 0.0837. The van der Waals surface area contributed by atoms with Gasteiger partial charge in [-0.15, -0.1) is 0 Å². The lowest BCUT2D eigenvalue weighted by atomic mass is 10.1. The Morgan fingerprint density at radius 2 is 1.80 bits per heavy atom. The third kappa shape index (κ3) is 6.30. The monoisotopic (exact) mass is 449 g/mol. The van der Waals surface area contributed by atoms with Crippen molar-refractivity contribution in [2.24, 2.45) is 5.10 Å². The third-order valence-electron chi connectivity index (χ3n) is 3.71. The van der Waals surface area contributed by atoms with Crippen LogP contribution < -0.4 is 10.7 Å². The molecule has 5 nitrogen and oxygen atoms in total. The van der Waals surface area contributed by atoms with Gasteiger partial charge in [-0.1, -0.05) is 24.3 Å². The molecule has 0 unspecified atom stereocenters. The van der Waals surface area contributed by atoms with Gasteiger partial charge in [0.2, 0.25) is 11.8 Å². The molecular weight excluding hydrogens is 429 g/mol. The predicted octanol–water partition coefficient (Wildman–Crippen LogP) is 3.78. The zero-order valence-electron chi connectivity index (χ0n) is 14.2. The van der Waals surface area contributed by atoms with E-state index in [2.05, 4.69) is 38.4 Å². The van der Waals surface area contributed by atoms with Crippen LogP contribution in [0.2, 0.25) is 0 Å². The highest BCUT2D eigenvalue weighted by Crippen LogP contribution is 2.18. The van der Waals surface area contributed by atoms with Crippen molar-refractivity contribution < 1.29 is 9.59 Å². The van der Waals surface area contributed by atoms with Gasteiger partial charge >= 0.3 is 0 Å². The smallest absolute Gasteiger partial charge is 0.240 e. The number of aryl methyl sites for hydroxylation is 1. The van der Waals surface area contributed by atoms with Crippen molar-refractivity contribution in [1.82, 2.24) is 5.43 Å². The van der Waals surface area contributed by atoms with E-state index in [1.54, 1.807) is 6.21 Å². The van der Waals surface area contributed by atoms with Crippen LogP contribution in [0.25, 0.3) is 0 Å². The molecule has 0 aliphatic rings. The number of benzene rings is 2. The van der Waals surface area contributed by atoms with E-state index in [4.69, 9.17) is 0 Å². The lowest BCUT2D eigenvalue weighted by Crippen LogP contribution is -2.21. The number of amides is 2. The number of carbonyl (C=O) groups is 2. The Balaban J connectivity index is 1.77. The van der Waals surface area contributed by atoms with Gasteiger partial charge in [-0.3, -0.25) is 9.59 Å². The summed E-state index contributed by atoms with van der Waals surface area (Å²) in [6, 6.07) is 13.5. The summed E-state index contributed by atoms with van der Waals surface area (Å²) >= 11 is 2.21. The summed E-state index contributed by atoms with van der Waals surface area (Å²) in [6.07, 6.45) is 1.77. The molecule has 2 N–H and O–H groups in total. The number of hydrogen-bond donors (Lipinski definition) is 2. The predicted molar refractivity (Wildman–Crippen MR) is 109 cm³/mol. The minimum Gasteiger partial charge on any atom is -0.326 e. The number of hydrogen-bond acceptors (Lipinski definition) is 3. The number of nitrogens with one attached hydrogen (secondary N) is 2. The molecule has 2 rings (SSSR count). The van der Waals surface area contributed by atoms with Crippen LogP contribution in [0, 0.1) is 17.4 Å². The van der Waals surface area contributed by atoms with Crippen LogP contribution >= 0.6 is 22.6 Å². The highest BCUT2D eigenvalue weighted by molar-refractivity contribution is 14.1. The first-order chi connectivity index (χ1) is 12.0. The summed E-state index contributed by atoms with van der Waals surface area (Å²) < 4.78 is 1.09. The molecular formula is C19H20IN3O2. The second-order valence-corrected chi connectivity index (χ2v) is 6.89. The van der Waals surface area contributed by atoms with Crippen LogP contribution in [-0.2, 0) is 9.59 Å². The Hall–Kier alpha value is -2.22. The van der Waals surface area contributed by atoms with E-state index in [9.17, 15) is 9.59 Å². The van der Waals surface area contributed by atoms with Crippen molar-refractivity contribution in [3.05, 3.63) is 62.7 Å². The highest BCUT2D eigenvalue weighted by atomic mass is 127. The van der Waals surface area contributed by atoms with Gasteiger partial charge in [-0.25, -0.2) is 5.43 Å². The largest absolute Gasteiger partial charge is 0.326 e. The Morgan fingerprint density at radius 3 is 2.56 bits per heavy atom. The van der Waals surface area contributed by atoms with E-state index in [-0.39, 0.29) is 24.7 Å². The molecule has 0 aliphatic carbocycles. The lowest BCUT2D eigenvalue weighted by Gasteiger charge is -2.10. The SMILES string of the molecule is Cc1cccc(NC(=O)CCC(=O)N/N=C\c2cccc(I)c2)c1C. The van der Waals surface area contributed by atoms with E-state index < -0.39 is 0 Å². The molecule has 130 valence electrons. The van der Waals surface area contributed by atoms with Gasteiger partial charge < -0.3 is 5.32 Å². The number of carbonyl (C=O) groups excluding carboxylic acids is 2. The van der Waals surface area contributed by atoms with E-state index in [1.807, 2.05) is 56.3 Å². The van der Waals surface area contributed by atoms with E-state index in [1.165, 1.54) is 0 Å². The average molecular weight is 449 g/mol. The Morgan fingerprint density at radius 1 is 1.08 bits per heavy atom. The number of nitrogens with zero attached hydrogens (tertiary/aromatic N) is 1. The van der Waals surface area contributed by atoms with Crippen molar-refractivity contribution in [3.8, 4) is 0 Å². The van der Waals surface area contributed by atoms with E-state index >= 15 is 0 Å². The standard InChI is InChI=1S/C19H20IN3O2/c1-13-5-3-8-17(14(13)2)22-18(24)9-10-19(25)23-21-12-15-6-4-7-16(20)11-15/h3-8,11-12H,9-10H2,1-2H3,(H,22,24)(H,23,25)/b21-12-. The molecule has 0 atom stereocenters. The molecule has 0 radical (unpaired) electrons. The molecule has 2 amide bonds. The van der Waals surface area contributed by atoms with Crippen LogP contribution in [-0.4, -0.2) is 18.0 Å². The van der Waals surface area contributed by atoms with Gasteiger partial charge in [0.05, 0.1) is 6.21 Å². The summed E-state index contributed by atoms with van der Waals surface area (Å²) in [5.74, 6) is -0.483. The molecule has 2 aromatic carbocycles. The fourth-order valence-corrected chi connectivity index (χ4v) is 2.72. The van der Waals surface area contributed by atoms with Crippen molar-refractivity contribution in [3.63, 3.8) is 0 Å². The van der Waals surface area contributed by atoms with Gasteiger partial charge in [-0.05, 0) is 71.3 Å². The van der Waals surface area contributed by atoms with Gasteiger partial charge in [0, 0.05) is 22.1 Å². The number of halogens is 1. The summed E-state index contributed by atoms with van der Waals surface area (Å²) in [6.45, 7) is 3.95. The first-order valence-electron chi connectivity index (χ1n) is 7.89. The topological polar surface area (TPSA) is 70.6 Å². The van der Waals surface area contributed by atoms with Crippen molar-refractivity contribution in [2.75, 3.05) is 5.32 Å². The van der Waals surface area contributed by atoms with Gasteiger partial charge in [0.15, 0.2) is 0 Å². The van der Waals surface area contributed by atoms with Gasteiger partial charge in [-0.2, -0.15) is 5.10 Å². The van der Waals surface area contributed by atoms with Crippen molar-refractivity contribution >= 4 is 46.3 Å². The Kier molecular flexibility index (Phi) is 7.12. The number of rotatable bonds is 6. The van der Waals surface area contributed by atoms with Crippen molar-refractivity contribution in [2.45, 2.75) is 26.7 Å². The second-order valence-electron chi connectivity index (χ2n) is 5.64. The van der Waals surface area contributed by atoms with Gasteiger partial charge in [0.1, 0.15) is 0 Å². The van der Waals surface area contributed by atoms with E-state index in [0.717, 1.165) is 25.9 Å². The van der Waals surface area contributed by atoms with Crippen molar-refractivity contribution in [1.29, 1.82) is 0 Å². The zero-order chi connectivity index (χ0) is 18.2. The zero-order valence-corrected chi connectivity index (χ0v) is 16.3. The highest BCUT2D eigenvalue weighted by Gasteiger charge is 2.08. The molecule has 2 aromatic rings. The minimum atomic E-state index is -0.294. The Labute approximate surface area is 161 Å². The molecule has 25 heavy (non-hydrogen) atoms. The molecule has 0 saturated carbocycles. The molecule has 0 heterocycles. The van der Waals surface area contributed by atoms with Crippen LogP contribution in [0.1, 0.15) is 29.5 Å². The fraction of sp³-hybridized carbons (Fsp3) is 0.211. The summed E-state index contributed by atoms with van der Waals surface area (Å²) in [5, 5.41) is 6.75. The number of hydrazone groups is 1. The van der Waals surface area contributed by atoms with Crippen LogP contribution in [0.3, 0.4) is 0 Å². The summed E-state index contributed by atoms with van der Waals surface area (Å²) in [7, 11) is 0. The molecule has 0 spiro atoms. The summed E-state index contributed by atoms with van der Waals surface area (Å²) in [5.41, 5.74) is 6.26. The maximum Gasteiger partial charge on any atom is 0.240 e. The van der Waals surface area contributed by atoms with Crippen LogP contribution in [0.5, 0.6) is 0 Å². The first kappa shape index (κ1) is 19.1. The third-order valence-corrected chi connectivity index (χ3v) is 4.38. The lowest BCUT2D eigenvalue weighted by molar-refractivity contribution is -0.124. The molecule has 0 aromatic heterocycles. The Bertz CT molecular complexity index is 803. The summed E-state index contributed by atoms with van der Waals surface area (Å²) in [4.78, 5) is 23.8. The molecule has 0 aliphatic heterocycles. The molecule has 0 bridgehead atoms. The quantitative estimate of drug-likeness (QED) is 0.401. The molecule has 0 fully saturated rings. The maximum absolute atomic E-state index is 12.0. The van der Waals surface area contributed by atoms with E-state index in [0.29, 0.717) is 0 Å². The van der Waals surface area contributed by atoms with Crippen LogP contribution in [0.4, 0.5) is 5.69 Å². The average Bonchev–Trinajstić information content (AvgIpc) is 2.57. The first-order valence-corrected chi connectivity index (χ1v) is 8.97. The maximum atomic E-state index is 12.0. The molecule has 6 heteroatoms. The fourth-order valence-electron chi connectivity index (χ4n) is 2.15.